The van der Waals surface area contributed by atoms with Gasteiger partial charge in [0, 0.05) is 25.2 Å². The van der Waals surface area contributed by atoms with Gasteiger partial charge in [0.25, 0.3) is 0 Å². The van der Waals surface area contributed by atoms with Crippen LogP contribution in [0.4, 0.5) is 5.69 Å². The van der Waals surface area contributed by atoms with Gasteiger partial charge in [0.15, 0.2) is 0 Å². The summed E-state index contributed by atoms with van der Waals surface area (Å²) in [7, 11) is -3.51. The lowest BCUT2D eigenvalue weighted by Crippen LogP contribution is -2.40. The van der Waals surface area contributed by atoms with Gasteiger partial charge in [0.05, 0.1) is 28.2 Å². The molecule has 1 amide bonds. The number of halogens is 2. The van der Waals surface area contributed by atoms with Crippen molar-refractivity contribution < 1.29 is 17.9 Å². The molecule has 150 valence electrons. The van der Waals surface area contributed by atoms with Crippen LogP contribution >= 0.6 is 23.2 Å². The molecule has 1 saturated heterocycles. The van der Waals surface area contributed by atoms with Crippen molar-refractivity contribution in [2.45, 2.75) is 17.7 Å². The van der Waals surface area contributed by atoms with E-state index in [1.807, 2.05) is 0 Å². The third-order valence-electron chi connectivity index (χ3n) is 4.38. The van der Waals surface area contributed by atoms with Gasteiger partial charge in [0.1, 0.15) is 0 Å². The van der Waals surface area contributed by atoms with E-state index in [-0.39, 0.29) is 17.2 Å². The van der Waals surface area contributed by atoms with Gasteiger partial charge < -0.3 is 10.1 Å². The Morgan fingerprint density at radius 1 is 1.04 bits per heavy atom. The normalized spacial score (nSPS) is 15.4. The number of aryl methyl sites for hydroxylation is 1. The highest BCUT2D eigenvalue weighted by molar-refractivity contribution is 7.89. The van der Waals surface area contributed by atoms with Crippen LogP contribution in [0.3, 0.4) is 0 Å². The molecule has 0 bridgehead atoms. The molecule has 28 heavy (non-hydrogen) atoms. The van der Waals surface area contributed by atoms with Crippen LogP contribution in [0.25, 0.3) is 0 Å². The minimum Gasteiger partial charge on any atom is -0.379 e. The van der Waals surface area contributed by atoms with Gasteiger partial charge in [-0.1, -0.05) is 35.3 Å². The predicted octanol–water partition coefficient (Wildman–Crippen LogP) is 3.59. The van der Waals surface area contributed by atoms with Crippen molar-refractivity contribution in [2.24, 2.45) is 0 Å². The Labute approximate surface area is 174 Å². The van der Waals surface area contributed by atoms with E-state index in [9.17, 15) is 13.2 Å². The van der Waals surface area contributed by atoms with Gasteiger partial charge >= 0.3 is 0 Å². The molecule has 0 aliphatic carbocycles. The van der Waals surface area contributed by atoms with Crippen molar-refractivity contribution in [3.63, 3.8) is 0 Å². The first-order valence-corrected chi connectivity index (χ1v) is 11.0. The first-order chi connectivity index (χ1) is 13.4. The maximum Gasteiger partial charge on any atom is 0.243 e. The van der Waals surface area contributed by atoms with Gasteiger partial charge in [0.2, 0.25) is 15.9 Å². The smallest absolute Gasteiger partial charge is 0.243 e. The monoisotopic (exact) mass is 442 g/mol. The second-order valence-electron chi connectivity index (χ2n) is 6.34. The summed E-state index contributed by atoms with van der Waals surface area (Å²) < 4.78 is 31.8. The summed E-state index contributed by atoms with van der Waals surface area (Å²) in [6, 6.07) is 11.5. The third kappa shape index (κ3) is 5.24. The zero-order chi connectivity index (χ0) is 20.1. The van der Waals surface area contributed by atoms with E-state index >= 15 is 0 Å². The van der Waals surface area contributed by atoms with Gasteiger partial charge in [-0.05, 0) is 42.3 Å². The molecule has 2 aromatic carbocycles. The molecule has 1 aliphatic rings. The van der Waals surface area contributed by atoms with Gasteiger partial charge in [-0.3, -0.25) is 4.79 Å². The van der Waals surface area contributed by atoms with Gasteiger partial charge in [-0.25, -0.2) is 8.42 Å². The number of anilines is 1. The van der Waals surface area contributed by atoms with Crippen LogP contribution in [0, 0.1) is 0 Å². The predicted molar refractivity (Wildman–Crippen MR) is 109 cm³/mol. The molecular formula is C19H20Cl2N2O4S. The van der Waals surface area contributed by atoms with E-state index in [2.05, 4.69) is 5.32 Å². The molecule has 9 heteroatoms. The lowest BCUT2D eigenvalue weighted by atomic mass is 10.1. The topological polar surface area (TPSA) is 75.7 Å². The van der Waals surface area contributed by atoms with E-state index < -0.39 is 10.0 Å². The lowest BCUT2D eigenvalue weighted by molar-refractivity contribution is -0.116. The molecule has 0 atom stereocenters. The molecule has 1 heterocycles. The Kier molecular flexibility index (Phi) is 6.95. The van der Waals surface area contributed by atoms with E-state index in [0.29, 0.717) is 48.5 Å². The zero-order valence-electron chi connectivity index (χ0n) is 15.0. The van der Waals surface area contributed by atoms with Crippen LogP contribution in [-0.2, 0) is 26.0 Å². The van der Waals surface area contributed by atoms with Crippen molar-refractivity contribution in [1.29, 1.82) is 0 Å². The first-order valence-electron chi connectivity index (χ1n) is 8.78. The molecule has 0 radical (unpaired) electrons. The standard InChI is InChI=1S/C19H20Cl2N2O4S/c20-17-7-4-15(13-18(17)21)22-19(24)8-3-14-1-5-16(6-2-14)28(25,26)23-9-11-27-12-10-23/h1-2,4-7,13H,3,8-12H2,(H,22,24). The third-order valence-corrected chi connectivity index (χ3v) is 7.03. The Morgan fingerprint density at radius 2 is 1.71 bits per heavy atom. The molecule has 0 spiro atoms. The molecule has 0 saturated carbocycles. The summed E-state index contributed by atoms with van der Waals surface area (Å²) in [5.41, 5.74) is 1.46. The molecule has 1 aliphatic heterocycles. The number of ether oxygens (including phenoxy) is 1. The number of nitrogens with zero attached hydrogens (tertiary/aromatic N) is 1. The van der Waals surface area contributed by atoms with Crippen LogP contribution in [-0.4, -0.2) is 44.9 Å². The fourth-order valence-electron chi connectivity index (χ4n) is 2.82. The zero-order valence-corrected chi connectivity index (χ0v) is 17.4. The number of carbonyl (C=O) groups excluding carboxylic acids is 1. The van der Waals surface area contributed by atoms with Crippen LogP contribution in [0.15, 0.2) is 47.4 Å². The summed E-state index contributed by atoms with van der Waals surface area (Å²) in [6.45, 7) is 1.54. The SMILES string of the molecule is O=C(CCc1ccc(S(=O)(=O)N2CCOCC2)cc1)Nc1ccc(Cl)c(Cl)c1. The fourth-order valence-corrected chi connectivity index (χ4v) is 4.53. The number of carbonyl (C=O) groups is 1. The molecule has 1 fully saturated rings. The molecular weight excluding hydrogens is 423 g/mol. The van der Waals surface area contributed by atoms with Crippen LogP contribution in [0.5, 0.6) is 0 Å². The average Bonchev–Trinajstić information content (AvgIpc) is 2.70. The lowest BCUT2D eigenvalue weighted by Gasteiger charge is -2.26. The van der Waals surface area contributed by atoms with Gasteiger partial charge in [-0.2, -0.15) is 4.31 Å². The van der Waals surface area contributed by atoms with Crippen molar-refractivity contribution in [2.75, 3.05) is 31.6 Å². The van der Waals surface area contributed by atoms with Crippen LogP contribution in [0.2, 0.25) is 10.0 Å². The van der Waals surface area contributed by atoms with Crippen LogP contribution in [0.1, 0.15) is 12.0 Å². The quantitative estimate of drug-likeness (QED) is 0.741. The first kappa shape index (κ1) is 21.1. The molecule has 1 N–H and O–H groups in total. The highest BCUT2D eigenvalue weighted by atomic mass is 35.5. The second kappa shape index (κ2) is 9.24. The van der Waals surface area contributed by atoms with Crippen molar-refractivity contribution >= 4 is 44.8 Å². The summed E-state index contributed by atoms with van der Waals surface area (Å²) in [6.07, 6.45) is 0.751. The minimum absolute atomic E-state index is 0.164. The number of hydrogen-bond acceptors (Lipinski definition) is 4. The number of benzene rings is 2. The molecule has 6 nitrogen and oxygen atoms in total. The number of sulfonamides is 1. The molecule has 2 aromatic rings. The minimum atomic E-state index is -3.51. The number of hydrogen-bond donors (Lipinski definition) is 1. The van der Waals surface area contributed by atoms with Crippen LogP contribution < -0.4 is 5.32 Å². The number of nitrogens with one attached hydrogen (secondary N) is 1. The molecule has 3 rings (SSSR count). The van der Waals surface area contributed by atoms with Crippen molar-refractivity contribution in [1.82, 2.24) is 4.31 Å². The number of morpholine rings is 1. The van der Waals surface area contributed by atoms with Crippen molar-refractivity contribution in [3.05, 3.63) is 58.1 Å². The fraction of sp³-hybridized carbons (Fsp3) is 0.316. The molecule has 0 unspecified atom stereocenters. The van der Waals surface area contributed by atoms with Crippen molar-refractivity contribution in [3.8, 4) is 0 Å². The maximum absolute atomic E-state index is 12.6. The highest BCUT2D eigenvalue weighted by Gasteiger charge is 2.26. The highest BCUT2D eigenvalue weighted by Crippen LogP contribution is 2.25. The van der Waals surface area contributed by atoms with E-state index in [1.165, 1.54) is 4.31 Å². The molecule has 0 aromatic heterocycles. The van der Waals surface area contributed by atoms with E-state index in [0.717, 1.165) is 5.56 Å². The summed E-state index contributed by atoms with van der Waals surface area (Å²) in [5.74, 6) is -0.164. The Morgan fingerprint density at radius 3 is 2.36 bits per heavy atom. The second-order valence-corrected chi connectivity index (χ2v) is 9.09. The van der Waals surface area contributed by atoms with E-state index in [4.69, 9.17) is 27.9 Å². The average molecular weight is 443 g/mol. The van der Waals surface area contributed by atoms with E-state index in [1.54, 1.807) is 42.5 Å². The summed E-state index contributed by atoms with van der Waals surface area (Å²) in [5, 5.41) is 3.56. The summed E-state index contributed by atoms with van der Waals surface area (Å²) in [4.78, 5) is 12.4. The largest absolute Gasteiger partial charge is 0.379 e. The maximum atomic E-state index is 12.6. The van der Waals surface area contributed by atoms with Gasteiger partial charge in [-0.15, -0.1) is 0 Å². The Hall–Kier alpha value is -1.64. The summed E-state index contributed by atoms with van der Waals surface area (Å²) >= 11 is 11.8. The number of rotatable bonds is 6. The number of amides is 1. The Bertz CT molecular complexity index is 943. The Balaban J connectivity index is 1.56.